The van der Waals surface area contributed by atoms with Crippen molar-refractivity contribution >= 4 is 0 Å². The van der Waals surface area contributed by atoms with Crippen LogP contribution in [0.25, 0.3) is 67.5 Å². The summed E-state index contributed by atoms with van der Waals surface area (Å²) >= 11 is 0. The zero-order chi connectivity index (χ0) is 29.5. The Bertz CT molecular complexity index is 2150. The molecule has 0 fully saturated rings. The molecule has 1 aromatic heterocycles. The maximum atomic E-state index is 4.97. The molecule has 0 saturated carbocycles. The van der Waals surface area contributed by atoms with Gasteiger partial charge < -0.3 is 0 Å². The molecule has 44 heavy (non-hydrogen) atoms. The Kier molecular flexibility index (Phi) is 6.42. The summed E-state index contributed by atoms with van der Waals surface area (Å²) < 4.78 is 0. The summed E-state index contributed by atoms with van der Waals surface area (Å²) in [6, 6.07) is 51.3. The number of nitrogens with zero attached hydrogens (tertiary/aromatic N) is 3. The van der Waals surface area contributed by atoms with Crippen LogP contribution in [0.4, 0.5) is 0 Å². The van der Waals surface area contributed by atoms with Gasteiger partial charge in [-0.25, -0.2) is 15.0 Å². The lowest BCUT2D eigenvalue weighted by molar-refractivity contribution is 1.07. The minimum atomic E-state index is 0.666. The molecule has 0 spiro atoms. The summed E-state index contributed by atoms with van der Waals surface area (Å²) in [5.41, 5.74) is 14.3. The molecule has 208 valence electrons. The Hall–Kier alpha value is -5.67. The molecule has 1 aliphatic rings. The second-order valence-electron chi connectivity index (χ2n) is 11.4. The number of hydrogen-bond acceptors (Lipinski definition) is 3. The topological polar surface area (TPSA) is 38.7 Å². The zero-order valence-electron chi connectivity index (χ0n) is 24.4. The summed E-state index contributed by atoms with van der Waals surface area (Å²) in [6.45, 7) is 2.09. The standard InChI is InChI=1S/C41H29N3/c1-27-10-8-16-34(22-27)40-42-39(29-13-6-3-7-14-29)43-41(44-40)35-17-9-15-30(23-35)31-20-21-37-36(24-31)25-33-19-18-32(26-38(33)37)28-11-4-2-5-12-28/h2-24,26H,25H2,1H3. The number of benzene rings is 6. The Morgan fingerprint density at radius 3 is 1.64 bits per heavy atom. The van der Waals surface area contributed by atoms with Gasteiger partial charge >= 0.3 is 0 Å². The average molecular weight is 564 g/mol. The van der Waals surface area contributed by atoms with Crippen LogP contribution in [-0.2, 0) is 6.42 Å². The summed E-state index contributed by atoms with van der Waals surface area (Å²) in [5, 5.41) is 0. The molecular formula is C41H29N3. The van der Waals surface area contributed by atoms with E-state index in [0.717, 1.165) is 28.7 Å². The first-order chi connectivity index (χ1) is 21.7. The first-order valence-electron chi connectivity index (χ1n) is 15.0. The largest absolute Gasteiger partial charge is 0.208 e. The third kappa shape index (κ3) is 4.89. The van der Waals surface area contributed by atoms with Gasteiger partial charge in [-0.3, -0.25) is 0 Å². The van der Waals surface area contributed by atoms with Crippen molar-refractivity contribution in [2.75, 3.05) is 0 Å². The summed E-state index contributed by atoms with van der Waals surface area (Å²) in [4.78, 5) is 14.8. The molecule has 1 aliphatic carbocycles. The highest BCUT2D eigenvalue weighted by Crippen LogP contribution is 2.41. The Morgan fingerprint density at radius 1 is 0.364 bits per heavy atom. The van der Waals surface area contributed by atoms with Gasteiger partial charge in [0, 0.05) is 16.7 Å². The van der Waals surface area contributed by atoms with E-state index >= 15 is 0 Å². The molecular weight excluding hydrogens is 534 g/mol. The predicted octanol–water partition coefficient (Wildman–Crippen LogP) is 10.1. The average Bonchev–Trinajstić information content (AvgIpc) is 3.46. The van der Waals surface area contributed by atoms with Gasteiger partial charge in [0.05, 0.1) is 0 Å². The van der Waals surface area contributed by atoms with Gasteiger partial charge in [-0.05, 0) is 76.1 Å². The van der Waals surface area contributed by atoms with E-state index in [0.29, 0.717) is 17.5 Å². The Morgan fingerprint density at radius 2 is 0.909 bits per heavy atom. The molecule has 6 aromatic carbocycles. The SMILES string of the molecule is Cc1cccc(-c2nc(-c3ccccc3)nc(-c3cccc(-c4ccc5c(c4)Cc4ccc(-c6ccccc6)cc4-5)c3)n2)c1. The predicted molar refractivity (Wildman–Crippen MR) is 180 cm³/mol. The lowest BCUT2D eigenvalue weighted by Gasteiger charge is -2.11. The minimum Gasteiger partial charge on any atom is -0.208 e. The van der Waals surface area contributed by atoms with E-state index in [9.17, 15) is 0 Å². The number of fused-ring (bicyclic) bond motifs is 3. The van der Waals surface area contributed by atoms with Crippen LogP contribution in [0.5, 0.6) is 0 Å². The molecule has 8 rings (SSSR count). The summed E-state index contributed by atoms with van der Waals surface area (Å²) in [5.74, 6) is 2.01. The normalized spacial score (nSPS) is 11.7. The van der Waals surface area contributed by atoms with Gasteiger partial charge in [0.1, 0.15) is 0 Å². The van der Waals surface area contributed by atoms with Crippen LogP contribution >= 0.6 is 0 Å². The third-order valence-electron chi connectivity index (χ3n) is 8.39. The van der Waals surface area contributed by atoms with Gasteiger partial charge in [-0.1, -0.05) is 133 Å². The van der Waals surface area contributed by atoms with Crippen LogP contribution in [0.1, 0.15) is 16.7 Å². The second-order valence-corrected chi connectivity index (χ2v) is 11.4. The molecule has 0 N–H and O–H groups in total. The van der Waals surface area contributed by atoms with Gasteiger partial charge in [-0.15, -0.1) is 0 Å². The van der Waals surface area contributed by atoms with Gasteiger partial charge in [0.25, 0.3) is 0 Å². The fraction of sp³-hybridized carbons (Fsp3) is 0.0488. The van der Waals surface area contributed by atoms with Crippen LogP contribution in [0.3, 0.4) is 0 Å². The first-order valence-corrected chi connectivity index (χ1v) is 15.0. The molecule has 0 bridgehead atoms. The molecule has 0 aliphatic heterocycles. The Labute approximate surface area is 257 Å². The minimum absolute atomic E-state index is 0.666. The number of rotatable bonds is 5. The highest BCUT2D eigenvalue weighted by Gasteiger charge is 2.20. The zero-order valence-corrected chi connectivity index (χ0v) is 24.4. The monoisotopic (exact) mass is 563 g/mol. The van der Waals surface area contributed by atoms with Gasteiger partial charge in [0.15, 0.2) is 17.5 Å². The van der Waals surface area contributed by atoms with Crippen molar-refractivity contribution in [2.24, 2.45) is 0 Å². The molecule has 3 heteroatoms. The molecule has 3 nitrogen and oxygen atoms in total. The van der Waals surface area contributed by atoms with Crippen LogP contribution in [0.15, 0.2) is 146 Å². The molecule has 0 unspecified atom stereocenters. The first kappa shape index (κ1) is 26.0. The number of aromatic nitrogens is 3. The summed E-state index contributed by atoms with van der Waals surface area (Å²) in [7, 11) is 0. The van der Waals surface area contributed by atoms with Gasteiger partial charge in [0.2, 0.25) is 0 Å². The van der Waals surface area contributed by atoms with Crippen LogP contribution in [0, 0.1) is 6.92 Å². The molecule has 0 saturated heterocycles. The Balaban J connectivity index is 1.17. The van der Waals surface area contributed by atoms with Gasteiger partial charge in [-0.2, -0.15) is 0 Å². The van der Waals surface area contributed by atoms with Crippen molar-refractivity contribution in [3.05, 3.63) is 162 Å². The fourth-order valence-corrected chi connectivity index (χ4v) is 6.15. The van der Waals surface area contributed by atoms with Crippen molar-refractivity contribution in [1.29, 1.82) is 0 Å². The summed E-state index contributed by atoms with van der Waals surface area (Å²) in [6.07, 6.45) is 0.945. The highest BCUT2D eigenvalue weighted by atomic mass is 15.0. The van der Waals surface area contributed by atoms with Crippen molar-refractivity contribution in [3.63, 3.8) is 0 Å². The van der Waals surface area contributed by atoms with E-state index in [4.69, 9.17) is 15.0 Å². The maximum Gasteiger partial charge on any atom is 0.164 e. The fourth-order valence-electron chi connectivity index (χ4n) is 6.15. The van der Waals surface area contributed by atoms with Crippen LogP contribution in [0.2, 0.25) is 0 Å². The highest BCUT2D eigenvalue weighted by molar-refractivity contribution is 5.84. The van der Waals surface area contributed by atoms with Crippen molar-refractivity contribution < 1.29 is 0 Å². The number of aryl methyl sites for hydroxylation is 1. The molecule has 0 radical (unpaired) electrons. The third-order valence-corrected chi connectivity index (χ3v) is 8.39. The van der Waals surface area contributed by atoms with Crippen molar-refractivity contribution in [3.8, 4) is 67.5 Å². The smallest absolute Gasteiger partial charge is 0.164 e. The maximum absolute atomic E-state index is 4.97. The van der Waals surface area contributed by atoms with Crippen LogP contribution in [-0.4, -0.2) is 15.0 Å². The van der Waals surface area contributed by atoms with Crippen LogP contribution < -0.4 is 0 Å². The molecule has 1 heterocycles. The van der Waals surface area contributed by atoms with Crippen molar-refractivity contribution in [1.82, 2.24) is 15.0 Å². The molecule has 7 aromatic rings. The quantitative estimate of drug-likeness (QED) is 0.209. The lowest BCUT2D eigenvalue weighted by Crippen LogP contribution is -2.00. The number of hydrogen-bond donors (Lipinski definition) is 0. The second kappa shape index (κ2) is 10.9. The van der Waals surface area contributed by atoms with E-state index in [-0.39, 0.29) is 0 Å². The molecule has 0 amide bonds. The van der Waals surface area contributed by atoms with E-state index in [1.807, 2.05) is 36.4 Å². The lowest BCUT2D eigenvalue weighted by atomic mass is 9.96. The van der Waals surface area contributed by atoms with Crippen molar-refractivity contribution in [2.45, 2.75) is 13.3 Å². The van der Waals surface area contributed by atoms with E-state index in [1.54, 1.807) is 0 Å². The van der Waals surface area contributed by atoms with E-state index < -0.39 is 0 Å². The van der Waals surface area contributed by atoms with E-state index in [2.05, 4.69) is 116 Å². The molecule has 0 atom stereocenters. The van der Waals surface area contributed by atoms with E-state index in [1.165, 1.54) is 44.5 Å².